The molecule has 2 aromatic carbocycles. The largest absolute Gasteiger partial charge is 0.237 e. The first-order chi connectivity index (χ1) is 13.1. The summed E-state index contributed by atoms with van der Waals surface area (Å²) in [7, 11) is 0. The fourth-order valence-corrected chi connectivity index (χ4v) is 3.90. The number of thiazole rings is 1. The molecule has 0 spiro atoms. The van der Waals surface area contributed by atoms with Gasteiger partial charge in [0.2, 0.25) is 0 Å². The van der Waals surface area contributed by atoms with Gasteiger partial charge in [0, 0.05) is 11.3 Å². The summed E-state index contributed by atoms with van der Waals surface area (Å²) in [5.74, 6) is -0.289. The van der Waals surface area contributed by atoms with E-state index >= 15 is 0 Å². The Morgan fingerprint density at radius 2 is 1.89 bits per heavy atom. The Hall–Kier alpha value is -3.30. The molecule has 0 radical (unpaired) electrons. The van der Waals surface area contributed by atoms with Crippen molar-refractivity contribution in [2.24, 2.45) is 0 Å². The van der Waals surface area contributed by atoms with Crippen molar-refractivity contribution < 1.29 is 4.39 Å². The zero-order valence-electron chi connectivity index (χ0n) is 14.8. The van der Waals surface area contributed by atoms with Gasteiger partial charge in [0.25, 0.3) is 0 Å². The number of nitriles is 1. The maximum atomic E-state index is 13.2. The van der Waals surface area contributed by atoms with Crippen LogP contribution in [0.3, 0.4) is 0 Å². The van der Waals surface area contributed by atoms with Crippen LogP contribution in [0.25, 0.3) is 27.6 Å². The molecule has 27 heavy (non-hydrogen) atoms. The molecule has 4 rings (SSSR count). The first-order valence-electron chi connectivity index (χ1n) is 8.36. The average Bonchev–Trinajstić information content (AvgIpc) is 3.22. The lowest BCUT2D eigenvalue weighted by atomic mass is 10.1. The Bertz CT molecular complexity index is 1180. The molecular formula is C21H15FN4S. The Balaban J connectivity index is 1.80. The topological polar surface area (TPSA) is 54.5 Å². The van der Waals surface area contributed by atoms with Crippen LogP contribution in [0, 0.1) is 31.0 Å². The van der Waals surface area contributed by atoms with Gasteiger partial charge in [0.1, 0.15) is 16.9 Å². The molecule has 4 aromatic rings. The monoisotopic (exact) mass is 374 g/mol. The van der Waals surface area contributed by atoms with Gasteiger partial charge in [0.15, 0.2) is 0 Å². The number of nitrogens with zero attached hydrogens (tertiary/aromatic N) is 4. The molecule has 0 N–H and O–H groups in total. The standard InChI is InChI=1S/C21H15FN4S/c1-13-18(14(2)26(25-13)17-9-7-16(22)8-10-17)11-15(12-23)21-24-19-5-3-4-6-20(19)27-21/h3-11H,1-2H3/b15-11+. The molecule has 6 heteroatoms. The molecule has 0 atom stereocenters. The molecule has 0 saturated heterocycles. The van der Waals surface area contributed by atoms with Crippen LogP contribution in [0.15, 0.2) is 48.5 Å². The highest BCUT2D eigenvalue weighted by Crippen LogP contribution is 2.29. The van der Waals surface area contributed by atoms with Gasteiger partial charge in [-0.2, -0.15) is 10.4 Å². The van der Waals surface area contributed by atoms with Gasteiger partial charge in [-0.1, -0.05) is 12.1 Å². The molecular weight excluding hydrogens is 359 g/mol. The van der Waals surface area contributed by atoms with Crippen molar-refractivity contribution in [1.82, 2.24) is 14.8 Å². The van der Waals surface area contributed by atoms with Crippen LogP contribution in [0.2, 0.25) is 0 Å². The molecule has 0 aliphatic heterocycles. The second kappa shape index (κ2) is 6.78. The Labute approximate surface area is 159 Å². The first-order valence-corrected chi connectivity index (χ1v) is 9.18. The van der Waals surface area contributed by atoms with Crippen LogP contribution >= 0.6 is 11.3 Å². The van der Waals surface area contributed by atoms with Gasteiger partial charge >= 0.3 is 0 Å². The van der Waals surface area contributed by atoms with E-state index < -0.39 is 0 Å². The highest BCUT2D eigenvalue weighted by atomic mass is 32.1. The van der Waals surface area contributed by atoms with Crippen LogP contribution < -0.4 is 0 Å². The third-order valence-electron chi connectivity index (χ3n) is 4.35. The van der Waals surface area contributed by atoms with Gasteiger partial charge in [-0.05, 0) is 56.3 Å². The van der Waals surface area contributed by atoms with Crippen molar-refractivity contribution in [3.05, 3.63) is 76.3 Å². The molecule has 2 aromatic heterocycles. The second-order valence-corrected chi connectivity index (χ2v) is 7.16. The van der Waals surface area contributed by atoms with Gasteiger partial charge < -0.3 is 0 Å². The van der Waals surface area contributed by atoms with Crippen LogP contribution in [0.4, 0.5) is 4.39 Å². The maximum absolute atomic E-state index is 13.2. The lowest BCUT2D eigenvalue weighted by Gasteiger charge is -2.04. The lowest BCUT2D eigenvalue weighted by Crippen LogP contribution is -1.99. The molecule has 2 heterocycles. The number of benzene rings is 2. The zero-order chi connectivity index (χ0) is 19.0. The number of rotatable bonds is 3. The van der Waals surface area contributed by atoms with E-state index in [0.29, 0.717) is 10.6 Å². The predicted octanol–water partition coefficient (Wildman–Crippen LogP) is 5.30. The smallest absolute Gasteiger partial charge is 0.135 e. The summed E-state index contributed by atoms with van der Waals surface area (Å²) >= 11 is 1.49. The summed E-state index contributed by atoms with van der Waals surface area (Å²) in [6, 6.07) is 16.3. The third kappa shape index (κ3) is 3.14. The highest BCUT2D eigenvalue weighted by molar-refractivity contribution is 7.19. The minimum absolute atomic E-state index is 0.289. The van der Waals surface area contributed by atoms with Crippen LogP contribution in [-0.2, 0) is 0 Å². The van der Waals surface area contributed by atoms with E-state index in [2.05, 4.69) is 16.2 Å². The van der Waals surface area contributed by atoms with Crippen LogP contribution in [-0.4, -0.2) is 14.8 Å². The molecule has 4 nitrogen and oxygen atoms in total. The Kier molecular flexibility index (Phi) is 4.30. The van der Waals surface area contributed by atoms with E-state index in [1.807, 2.05) is 44.2 Å². The number of fused-ring (bicyclic) bond motifs is 1. The summed E-state index contributed by atoms with van der Waals surface area (Å²) < 4.78 is 16.0. The minimum Gasteiger partial charge on any atom is -0.237 e. The summed E-state index contributed by atoms with van der Waals surface area (Å²) in [5, 5.41) is 14.9. The fourth-order valence-electron chi connectivity index (χ4n) is 2.97. The summed E-state index contributed by atoms with van der Waals surface area (Å²) in [4.78, 5) is 4.57. The van der Waals surface area contributed by atoms with E-state index in [-0.39, 0.29) is 5.82 Å². The molecule has 0 aliphatic rings. The van der Waals surface area contributed by atoms with Crippen molar-refractivity contribution in [2.75, 3.05) is 0 Å². The Morgan fingerprint density at radius 1 is 1.15 bits per heavy atom. The molecule has 132 valence electrons. The zero-order valence-corrected chi connectivity index (χ0v) is 15.6. The van der Waals surface area contributed by atoms with Gasteiger partial charge in [-0.15, -0.1) is 11.3 Å². The highest BCUT2D eigenvalue weighted by Gasteiger charge is 2.15. The van der Waals surface area contributed by atoms with E-state index in [4.69, 9.17) is 0 Å². The number of halogens is 1. The van der Waals surface area contributed by atoms with Crippen molar-refractivity contribution in [1.29, 1.82) is 5.26 Å². The average molecular weight is 374 g/mol. The first kappa shape index (κ1) is 17.1. The number of hydrogen-bond acceptors (Lipinski definition) is 4. The second-order valence-electron chi connectivity index (χ2n) is 6.13. The molecule has 0 amide bonds. The number of hydrogen-bond donors (Lipinski definition) is 0. The summed E-state index contributed by atoms with van der Waals surface area (Å²) in [5.41, 5.74) is 4.71. The molecule has 0 aliphatic carbocycles. The van der Waals surface area contributed by atoms with Gasteiger partial charge in [-0.3, -0.25) is 0 Å². The van der Waals surface area contributed by atoms with E-state index in [0.717, 1.165) is 32.9 Å². The summed E-state index contributed by atoms with van der Waals surface area (Å²) in [6.45, 7) is 3.83. The number of para-hydroxylation sites is 1. The molecule has 0 saturated carbocycles. The molecule has 0 unspecified atom stereocenters. The SMILES string of the molecule is Cc1nn(-c2ccc(F)cc2)c(C)c1/C=C(\C#N)c1nc2ccccc2s1. The van der Waals surface area contributed by atoms with Crippen molar-refractivity contribution in [3.8, 4) is 11.8 Å². The number of allylic oxidation sites excluding steroid dienone is 1. The fraction of sp³-hybridized carbons (Fsp3) is 0.0952. The molecule has 0 fully saturated rings. The third-order valence-corrected chi connectivity index (χ3v) is 5.42. The maximum Gasteiger partial charge on any atom is 0.135 e. The summed E-state index contributed by atoms with van der Waals surface area (Å²) in [6.07, 6.45) is 1.83. The number of aromatic nitrogens is 3. The minimum atomic E-state index is -0.289. The van der Waals surface area contributed by atoms with Crippen molar-refractivity contribution >= 4 is 33.2 Å². The number of aryl methyl sites for hydroxylation is 1. The normalized spacial score (nSPS) is 11.7. The van der Waals surface area contributed by atoms with Crippen LogP contribution in [0.1, 0.15) is 22.0 Å². The lowest BCUT2D eigenvalue weighted by molar-refractivity contribution is 0.627. The quantitative estimate of drug-likeness (QED) is 0.457. The predicted molar refractivity (Wildman–Crippen MR) is 106 cm³/mol. The van der Waals surface area contributed by atoms with Crippen molar-refractivity contribution in [2.45, 2.75) is 13.8 Å². The van der Waals surface area contributed by atoms with Crippen LogP contribution in [0.5, 0.6) is 0 Å². The van der Waals surface area contributed by atoms with E-state index in [1.54, 1.807) is 16.8 Å². The van der Waals surface area contributed by atoms with E-state index in [9.17, 15) is 9.65 Å². The van der Waals surface area contributed by atoms with Gasteiger partial charge in [-0.25, -0.2) is 14.1 Å². The Morgan fingerprint density at radius 3 is 2.59 bits per heavy atom. The van der Waals surface area contributed by atoms with E-state index in [1.165, 1.54) is 23.5 Å². The molecule has 0 bridgehead atoms. The van der Waals surface area contributed by atoms with Crippen molar-refractivity contribution in [3.63, 3.8) is 0 Å². The van der Waals surface area contributed by atoms with Gasteiger partial charge in [0.05, 0.1) is 27.2 Å².